The summed E-state index contributed by atoms with van der Waals surface area (Å²) in [5.74, 6) is -3.80. The Kier molecular flexibility index (Phi) is 7.07. The molecule has 0 aromatic heterocycles. The molecule has 4 aliphatic rings. The monoisotopic (exact) mass is 617 g/mol. The van der Waals surface area contributed by atoms with Crippen LogP contribution in [0.5, 0.6) is 11.5 Å². The number of aromatic hydroxyl groups is 1. The molecule has 0 spiro atoms. The summed E-state index contributed by atoms with van der Waals surface area (Å²) < 4.78 is 5.33. The number of anilines is 1. The zero-order chi connectivity index (χ0) is 32.3. The molecule has 46 heavy (non-hydrogen) atoms. The van der Waals surface area contributed by atoms with Gasteiger partial charge in [0.1, 0.15) is 0 Å². The summed E-state index contributed by atoms with van der Waals surface area (Å²) in [6.45, 7) is 1.96. The fourth-order valence-electron chi connectivity index (χ4n) is 8.16. The second-order valence-corrected chi connectivity index (χ2v) is 12.7. The fourth-order valence-corrected chi connectivity index (χ4v) is 8.16. The van der Waals surface area contributed by atoms with Crippen LogP contribution in [0.15, 0.2) is 90.5 Å². The van der Waals surface area contributed by atoms with Gasteiger partial charge in [-0.25, -0.2) is 0 Å². The van der Waals surface area contributed by atoms with Gasteiger partial charge < -0.3 is 9.84 Å². The van der Waals surface area contributed by atoms with Crippen molar-refractivity contribution in [3.8, 4) is 11.5 Å². The quantitative estimate of drug-likeness (QED) is 0.300. The third kappa shape index (κ3) is 4.29. The highest BCUT2D eigenvalue weighted by atomic mass is 16.5. The molecular formula is C37H35N3O6. The van der Waals surface area contributed by atoms with Gasteiger partial charge in [-0.05, 0) is 61.1 Å². The molecule has 1 saturated carbocycles. The molecule has 6 atom stereocenters. The molecular weight excluding hydrogens is 582 g/mol. The maximum Gasteiger partial charge on any atom is 0.260 e. The first kappa shape index (κ1) is 29.5. The first-order valence-corrected chi connectivity index (χ1v) is 15.5. The van der Waals surface area contributed by atoms with E-state index in [9.17, 15) is 24.3 Å². The number of hydrogen-bond acceptors (Lipinski definition) is 7. The summed E-state index contributed by atoms with van der Waals surface area (Å²) >= 11 is 0. The van der Waals surface area contributed by atoms with Gasteiger partial charge in [-0.1, -0.05) is 77.9 Å². The van der Waals surface area contributed by atoms with E-state index in [1.807, 2.05) is 79.7 Å². The molecule has 2 N–H and O–H groups in total. The number of carbonyl (C=O) groups is 4. The Balaban J connectivity index is 1.42. The van der Waals surface area contributed by atoms with Gasteiger partial charge in [0, 0.05) is 13.0 Å². The molecule has 9 nitrogen and oxygen atoms in total. The number of hydrazine groups is 1. The van der Waals surface area contributed by atoms with Crippen LogP contribution in [-0.4, -0.2) is 52.8 Å². The van der Waals surface area contributed by atoms with Crippen molar-refractivity contribution in [2.24, 2.45) is 29.6 Å². The van der Waals surface area contributed by atoms with Gasteiger partial charge >= 0.3 is 0 Å². The number of allylic oxidation sites excluding steroid dienone is 3. The predicted molar refractivity (Wildman–Crippen MR) is 171 cm³/mol. The number of nitrogens with one attached hydrogen (secondary N) is 1. The van der Waals surface area contributed by atoms with Crippen molar-refractivity contribution in [1.29, 1.82) is 0 Å². The van der Waals surface area contributed by atoms with Crippen molar-refractivity contribution in [2.45, 2.75) is 25.2 Å². The minimum Gasteiger partial charge on any atom is -0.504 e. The van der Waals surface area contributed by atoms with Gasteiger partial charge in [0.2, 0.25) is 11.8 Å². The number of rotatable bonds is 6. The zero-order valence-electron chi connectivity index (χ0n) is 25.8. The number of phenols is 1. The van der Waals surface area contributed by atoms with Gasteiger partial charge in [0.25, 0.3) is 11.8 Å². The summed E-state index contributed by atoms with van der Waals surface area (Å²) in [6.07, 6.45) is 6.47. The standard InChI is InChI=1S/C37H35N3O6/c1-21-9-13-24(14-10-21)38-40-34(43)29-20-27-25(15-16-26-32(27)35(44)39(2)33(26)42)28(17-11-22-12-18-30(41)31(19-22)46-3)37(29,36(40)45)23-7-5-4-6-8-23/h4-15,17-19,26-29,32,38,41H,16,20H2,1-3H3. The second-order valence-electron chi connectivity index (χ2n) is 12.7. The first-order valence-electron chi connectivity index (χ1n) is 15.5. The molecule has 234 valence electrons. The summed E-state index contributed by atoms with van der Waals surface area (Å²) in [7, 11) is 2.99. The molecule has 2 heterocycles. The van der Waals surface area contributed by atoms with E-state index in [4.69, 9.17) is 4.74 Å². The lowest BCUT2D eigenvalue weighted by Gasteiger charge is -2.49. The number of hydrogen-bond donors (Lipinski definition) is 2. The van der Waals surface area contributed by atoms with Crippen molar-refractivity contribution >= 4 is 35.4 Å². The van der Waals surface area contributed by atoms with Crippen LogP contribution >= 0.6 is 0 Å². The normalized spacial score (nSPS) is 28.7. The van der Waals surface area contributed by atoms with E-state index < -0.39 is 35.0 Å². The minimum absolute atomic E-state index is 0.00199. The third-order valence-corrected chi connectivity index (χ3v) is 10.4. The number of aryl methyl sites for hydroxylation is 1. The van der Waals surface area contributed by atoms with E-state index in [2.05, 4.69) is 5.43 Å². The Bertz CT molecular complexity index is 1820. The number of ether oxygens (including phenoxy) is 1. The van der Waals surface area contributed by atoms with Crippen molar-refractivity contribution < 1.29 is 29.0 Å². The highest BCUT2D eigenvalue weighted by Gasteiger charge is 2.69. The number of amides is 4. The van der Waals surface area contributed by atoms with Crippen LogP contribution in [-0.2, 0) is 24.6 Å². The van der Waals surface area contributed by atoms with Gasteiger partial charge in [0.05, 0.1) is 36.0 Å². The number of likely N-dealkylation sites (tertiary alicyclic amines) is 1. The zero-order valence-corrected chi connectivity index (χ0v) is 25.8. The molecule has 2 aliphatic carbocycles. The van der Waals surface area contributed by atoms with E-state index >= 15 is 0 Å². The minimum atomic E-state index is -1.32. The Morgan fingerprint density at radius 2 is 1.67 bits per heavy atom. The van der Waals surface area contributed by atoms with Crippen LogP contribution in [0, 0.1) is 36.5 Å². The Labute approximate surface area is 267 Å². The lowest BCUT2D eigenvalue weighted by atomic mass is 9.50. The molecule has 2 saturated heterocycles. The maximum atomic E-state index is 15.0. The summed E-state index contributed by atoms with van der Waals surface area (Å²) in [6, 6.07) is 21.8. The lowest BCUT2D eigenvalue weighted by Crippen LogP contribution is -2.54. The van der Waals surface area contributed by atoms with E-state index in [0.717, 1.165) is 21.7 Å². The van der Waals surface area contributed by atoms with Crippen molar-refractivity contribution in [3.05, 3.63) is 107 Å². The number of benzene rings is 3. The Morgan fingerprint density at radius 3 is 2.39 bits per heavy atom. The van der Waals surface area contributed by atoms with Gasteiger partial charge in [-0.15, -0.1) is 0 Å². The Hall–Kier alpha value is -5.18. The van der Waals surface area contributed by atoms with Crippen LogP contribution in [0.1, 0.15) is 29.5 Å². The molecule has 4 amide bonds. The summed E-state index contributed by atoms with van der Waals surface area (Å²) in [5.41, 5.74) is 5.75. The number of carbonyl (C=O) groups excluding carboxylic acids is 4. The number of imide groups is 2. The molecule has 9 heteroatoms. The topological polar surface area (TPSA) is 116 Å². The average Bonchev–Trinajstić information content (AvgIpc) is 3.42. The molecule has 3 aromatic rings. The predicted octanol–water partition coefficient (Wildman–Crippen LogP) is 4.87. The largest absolute Gasteiger partial charge is 0.504 e. The average molecular weight is 618 g/mol. The number of nitrogens with zero attached hydrogens (tertiary/aromatic N) is 2. The fraction of sp³-hybridized carbons (Fsp3) is 0.297. The van der Waals surface area contributed by atoms with E-state index in [1.54, 1.807) is 18.2 Å². The molecule has 6 unspecified atom stereocenters. The SMILES string of the molecule is COc1cc(C=CC2C3=CCC4C(=O)N(C)C(=O)C4C3CC3C(=O)N(Nc4ccc(C)cc4)C(=O)C23c2ccccc2)ccc1O. The molecule has 3 fully saturated rings. The number of phenolic OH excluding ortho intramolecular Hbond substituents is 1. The molecule has 0 bridgehead atoms. The third-order valence-electron chi connectivity index (χ3n) is 10.4. The Morgan fingerprint density at radius 1 is 0.935 bits per heavy atom. The van der Waals surface area contributed by atoms with Gasteiger partial charge in [0.15, 0.2) is 11.5 Å². The summed E-state index contributed by atoms with van der Waals surface area (Å²) in [5, 5.41) is 11.3. The number of methoxy groups -OCH3 is 1. The van der Waals surface area contributed by atoms with Gasteiger partial charge in [-0.2, -0.15) is 5.01 Å². The highest BCUT2D eigenvalue weighted by molar-refractivity contribution is 6.13. The van der Waals surface area contributed by atoms with Crippen LogP contribution in [0.4, 0.5) is 5.69 Å². The van der Waals surface area contributed by atoms with Crippen molar-refractivity contribution in [2.75, 3.05) is 19.6 Å². The van der Waals surface area contributed by atoms with Crippen molar-refractivity contribution in [3.63, 3.8) is 0 Å². The molecule has 7 rings (SSSR count). The van der Waals surface area contributed by atoms with E-state index in [0.29, 0.717) is 23.4 Å². The summed E-state index contributed by atoms with van der Waals surface area (Å²) in [4.78, 5) is 57.4. The smallest absolute Gasteiger partial charge is 0.260 e. The van der Waals surface area contributed by atoms with E-state index in [1.165, 1.54) is 19.1 Å². The van der Waals surface area contributed by atoms with Crippen LogP contribution in [0.2, 0.25) is 0 Å². The first-order chi connectivity index (χ1) is 22.2. The maximum absolute atomic E-state index is 15.0. The number of fused-ring (bicyclic) bond motifs is 4. The van der Waals surface area contributed by atoms with Gasteiger partial charge in [-0.3, -0.25) is 29.5 Å². The highest BCUT2D eigenvalue weighted by Crippen LogP contribution is 2.61. The molecule has 0 radical (unpaired) electrons. The second kappa shape index (κ2) is 11.0. The van der Waals surface area contributed by atoms with Crippen LogP contribution in [0.25, 0.3) is 6.08 Å². The van der Waals surface area contributed by atoms with Crippen LogP contribution in [0.3, 0.4) is 0 Å². The molecule has 3 aromatic carbocycles. The van der Waals surface area contributed by atoms with E-state index in [-0.39, 0.29) is 35.8 Å². The van der Waals surface area contributed by atoms with Crippen LogP contribution < -0.4 is 10.2 Å². The van der Waals surface area contributed by atoms with Crippen molar-refractivity contribution in [1.82, 2.24) is 9.91 Å². The lowest BCUT2D eigenvalue weighted by molar-refractivity contribution is -0.140. The molecule has 2 aliphatic heterocycles.